The Balaban J connectivity index is 1.01. The summed E-state index contributed by atoms with van der Waals surface area (Å²) in [6.07, 6.45) is 9.25. The molecular weight excluding hydrogens is 526 g/mol. The second-order valence-electron chi connectivity index (χ2n) is 12.5. The molecule has 1 saturated heterocycles. The Morgan fingerprint density at radius 2 is 1.86 bits per heavy atom. The van der Waals surface area contributed by atoms with Gasteiger partial charge in [-0.15, -0.1) is 0 Å². The van der Waals surface area contributed by atoms with Gasteiger partial charge >= 0.3 is 0 Å². The SMILES string of the molecule is COc1ccc(CNc2ncc3ccc(CC[C@@]45C[C@@H]4[C@@H](n4ccc6cccnc64)[C@@H]4OC(C)(C)O[C@@H]45)cc3n2)cc1. The number of anilines is 1. The minimum absolute atomic E-state index is 0.0278. The molecule has 0 unspecified atom stereocenters. The lowest BCUT2D eigenvalue weighted by atomic mass is 9.91. The molecule has 3 aromatic heterocycles. The molecule has 0 amide bonds. The average molecular weight is 562 g/mol. The third kappa shape index (κ3) is 4.24. The van der Waals surface area contributed by atoms with Crippen LogP contribution in [0.15, 0.2) is 79.3 Å². The van der Waals surface area contributed by atoms with E-state index in [9.17, 15) is 0 Å². The molecule has 5 aromatic rings. The molecule has 0 bridgehead atoms. The van der Waals surface area contributed by atoms with E-state index < -0.39 is 5.79 Å². The molecule has 3 aliphatic rings. The van der Waals surface area contributed by atoms with E-state index in [0.29, 0.717) is 18.4 Å². The summed E-state index contributed by atoms with van der Waals surface area (Å²) in [7, 11) is 1.68. The molecule has 1 N–H and O–H groups in total. The number of aryl methyl sites for hydroxylation is 1. The fourth-order valence-electron chi connectivity index (χ4n) is 7.47. The summed E-state index contributed by atoms with van der Waals surface area (Å²) in [5, 5.41) is 5.57. The number of pyridine rings is 1. The van der Waals surface area contributed by atoms with Crippen LogP contribution in [0.4, 0.5) is 5.95 Å². The van der Waals surface area contributed by atoms with Crippen LogP contribution in [-0.4, -0.2) is 44.6 Å². The number of methoxy groups -OCH3 is 1. The van der Waals surface area contributed by atoms with E-state index in [-0.39, 0.29) is 23.7 Å². The maximum Gasteiger partial charge on any atom is 0.223 e. The monoisotopic (exact) mass is 561 g/mol. The summed E-state index contributed by atoms with van der Waals surface area (Å²) in [5.41, 5.74) is 4.53. The third-order valence-electron chi connectivity index (χ3n) is 9.56. The maximum absolute atomic E-state index is 6.63. The van der Waals surface area contributed by atoms with Gasteiger partial charge in [0.25, 0.3) is 0 Å². The molecule has 42 heavy (non-hydrogen) atoms. The van der Waals surface area contributed by atoms with E-state index in [4.69, 9.17) is 24.2 Å². The van der Waals surface area contributed by atoms with Crippen molar-refractivity contribution in [3.05, 3.63) is 90.4 Å². The van der Waals surface area contributed by atoms with Crippen LogP contribution < -0.4 is 10.1 Å². The lowest BCUT2D eigenvalue weighted by Crippen LogP contribution is -2.32. The minimum Gasteiger partial charge on any atom is -0.497 e. The van der Waals surface area contributed by atoms with Gasteiger partial charge in [-0.05, 0) is 86.6 Å². The summed E-state index contributed by atoms with van der Waals surface area (Å²) in [6, 6.07) is 21.1. The van der Waals surface area contributed by atoms with E-state index in [1.165, 1.54) is 10.9 Å². The zero-order valence-electron chi connectivity index (χ0n) is 24.2. The van der Waals surface area contributed by atoms with Crippen LogP contribution in [0.25, 0.3) is 21.9 Å². The van der Waals surface area contributed by atoms with Crippen LogP contribution in [0.5, 0.6) is 5.75 Å². The molecule has 5 atom stereocenters. The number of ether oxygens (including phenoxy) is 3. The Kier molecular flexibility index (Phi) is 5.81. The molecule has 1 aliphatic heterocycles. The van der Waals surface area contributed by atoms with E-state index in [0.717, 1.165) is 47.1 Å². The largest absolute Gasteiger partial charge is 0.497 e. The van der Waals surface area contributed by atoms with Crippen LogP contribution >= 0.6 is 0 Å². The Morgan fingerprint density at radius 1 is 1.00 bits per heavy atom. The van der Waals surface area contributed by atoms with E-state index in [1.807, 2.05) is 56.6 Å². The number of hydrogen-bond acceptors (Lipinski definition) is 7. The quantitative estimate of drug-likeness (QED) is 0.238. The highest BCUT2D eigenvalue weighted by molar-refractivity contribution is 5.79. The van der Waals surface area contributed by atoms with Crippen LogP contribution in [0, 0.1) is 11.3 Å². The number of hydrogen-bond donors (Lipinski definition) is 1. The molecule has 0 radical (unpaired) electrons. The highest BCUT2D eigenvalue weighted by Crippen LogP contribution is 2.73. The summed E-state index contributed by atoms with van der Waals surface area (Å²) >= 11 is 0. The predicted octanol–water partition coefficient (Wildman–Crippen LogP) is 6.31. The second-order valence-corrected chi connectivity index (χ2v) is 12.5. The molecule has 2 aliphatic carbocycles. The first-order valence-electron chi connectivity index (χ1n) is 14.8. The number of benzene rings is 2. The van der Waals surface area contributed by atoms with Crippen molar-refractivity contribution in [1.29, 1.82) is 0 Å². The summed E-state index contributed by atoms with van der Waals surface area (Å²) in [6.45, 7) is 4.74. The van der Waals surface area contributed by atoms with Crippen molar-refractivity contribution in [2.45, 2.75) is 63.7 Å². The Labute approximate surface area is 245 Å². The smallest absolute Gasteiger partial charge is 0.223 e. The fraction of sp³-hybridized carbons (Fsp3) is 0.382. The molecule has 2 aromatic carbocycles. The number of rotatable bonds is 8. The molecule has 2 saturated carbocycles. The number of aromatic nitrogens is 4. The highest BCUT2D eigenvalue weighted by atomic mass is 16.8. The second kappa shape index (κ2) is 9.51. The van der Waals surface area contributed by atoms with Gasteiger partial charge in [-0.1, -0.05) is 24.3 Å². The van der Waals surface area contributed by atoms with E-state index >= 15 is 0 Å². The molecule has 214 valence electrons. The van der Waals surface area contributed by atoms with Gasteiger partial charge in [0.1, 0.15) is 17.5 Å². The molecular formula is C34H35N5O3. The Bertz CT molecular complexity index is 1780. The first kappa shape index (κ1) is 25.7. The van der Waals surface area contributed by atoms with Gasteiger partial charge < -0.3 is 24.1 Å². The highest BCUT2D eigenvalue weighted by Gasteiger charge is 2.75. The topological polar surface area (TPSA) is 83.3 Å². The van der Waals surface area contributed by atoms with Crippen molar-refractivity contribution in [3.63, 3.8) is 0 Å². The van der Waals surface area contributed by atoms with Crippen LogP contribution in [-0.2, 0) is 22.4 Å². The molecule has 8 heteroatoms. The Morgan fingerprint density at radius 3 is 2.71 bits per heavy atom. The Hall–Kier alpha value is -4.01. The van der Waals surface area contributed by atoms with Crippen molar-refractivity contribution in [2.24, 2.45) is 11.3 Å². The van der Waals surface area contributed by atoms with Crippen LogP contribution in [0.2, 0.25) is 0 Å². The number of nitrogens with one attached hydrogen (secondary N) is 1. The number of fused-ring (bicyclic) bond motifs is 5. The van der Waals surface area contributed by atoms with Crippen LogP contribution in [0.3, 0.4) is 0 Å². The van der Waals surface area contributed by atoms with Gasteiger partial charge in [-0.3, -0.25) is 0 Å². The van der Waals surface area contributed by atoms with Gasteiger partial charge in [-0.25, -0.2) is 15.0 Å². The van der Waals surface area contributed by atoms with Crippen molar-refractivity contribution in [1.82, 2.24) is 19.5 Å². The van der Waals surface area contributed by atoms with Gasteiger partial charge in [0.15, 0.2) is 5.79 Å². The third-order valence-corrected chi connectivity index (χ3v) is 9.56. The number of nitrogens with zero attached hydrogens (tertiary/aromatic N) is 4. The van der Waals surface area contributed by atoms with Gasteiger partial charge in [-0.2, -0.15) is 0 Å². The van der Waals surface area contributed by atoms with Crippen molar-refractivity contribution >= 4 is 27.9 Å². The average Bonchev–Trinajstić information content (AvgIpc) is 3.27. The van der Waals surface area contributed by atoms with Gasteiger partial charge in [0.05, 0.1) is 24.8 Å². The zero-order valence-corrected chi connectivity index (χ0v) is 24.2. The molecule has 8 rings (SSSR count). The fourth-order valence-corrected chi connectivity index (χ4v) is 7.47. The molecule has 4 heterocycles. The summed E-state index contributed by atoms with van der Waals surface area (Å²) < 4.78 is 20.8. The standard InChI is InChI=1S/C34H35N5O3/c1-33(2)41-29-28(39-16-13-23-5-4-15-35-31(23)39)26-18-34(26,30(29)42-33)14-12-21-6-9-24-20-37-32(38-27(24)17-21)36-19-22-7-10-25(40-3)11-8-22/h4-11,13,15-17,20,26,28-30H,12,14,18-19H2,1-3H3,(H,36,37,38)/t26-,28-,29+,30+,34-/m1/s1. The van der Waals surface area contributed by atoms with Crippen LogP contribution in [0.1, 0.15) is 43.9 Å². The first-order valence-corrected chi connectivity index (χ1v) is 14.8. The zero-order chi connectivity index (χ0) is 28.5. The van der Waals surface area contributed by atoms with Crippen molar-refractivity contribution in [3.8, 4) is 5.75 Å². The summed E-state index contributed by atoms with van der Waals surface area (Å²) in [4.78, 5) is 14.1. The molecule has 8 nitrogen and oxygen atoms in total. The van der Waals surface area contributed by atoms with E-state index in [1.54, 1.807) is 7.11 Å². The lowest BCUT2D eigenvalue weighted by molar-refractivity contribution is -0.161. The summed E-state index contributed by atoms with van der Waals surface area (Å²) in [5.74, 6) is 1.40. The van der Waals surface area contributed by atoms with Gasteiger partial charge in [0, 0.05) is 41.3 Å². The molecule has 3 fully saturated rings. The normalized spacial score (nSPS) is 27.2. The predicted molar refractivity (Wildman–Crippen MR) is 161 cm³/mol. The first-order chi connectivity index (χ1) is 20.4. The molecule has 0 spiro atoms. The van der Waals surface area contributed by atoms with Gasteiger partial charge in [0.2, 0.25) is 5.95 Å². The maximum atomic E-state index is 6.63. The van der Waals surface area contributed by atoms with E-state index in [2.05, 4.69) is 51.4 Å². The lowest BCUT2D eigenvalue weighted by Gasteiger charge is -2.24. The van der Waals surface area contributed by atoms with Crippen molar-refractivity contribution in [2.75, 3.05) is 12.4 Å². The van der Waals surface area contributed by atoms with Crippen molar-refractivity contribution < 1.29 is 14.2 Å². The minimum atomic E-state index is -0.584.